The number of rotatable bonds is 0. The third-order valence-corrected chi connectivity index (χ3v) is 94.4. The molecule has 0 aromatic carbocycles. The van der Waals surface area contributed by atoms with Crippen LogP contribution in [0.2, 0.25) is 0 Å². The van der Waals surface area contributed by atoms with Crippen molar-refractivity contribution >= 4 is 0 Å². The molecule has 0 heterocycles. The van der Waals surface area contributed by atoms with Crippen molar-refractivity contribution in [2.75, 3.05) is 0 Å². The van der Waals surface area contributed by atoms with Crippen LogP contribution in [0.5, 0.6) is 0 Å². The SMILES string of the molecule is C1C2C3C4C5C6C7C8CC9C%10C%11C%12C%13[C@H]%14C%15C%16C%17CC%18C%19C%20C%21C%22C%23C%24CC%25C%26C%27C%28C%29C%30C%31C%32C1C21C32C43C54C65C76C89C%107C%118C%129C%10%11C8%12C67C56C45C34C23C%321C%311C%302C78C13C41C53C6%12C%104C35C17C13C56C45C%114C%139[C@@]%147C%159C%16%10C%18%17C%19%11C%20%12C%21%13C%22%14C%23%15C%24%25C%26%16C%15%17C%14%15C%13%14C%12%13C%11%10C9%10C%139C%14%11C%15%12C%17%13C%27%16[C@@]%28%14C%292C81[C@]%13%14[C@@]%123C%116[C@@]95[C@@]%1047. The highest BCUT2D eigenvalue weighted by Crippen LogP contribution is 3.94. The van der Waals surface area contributed by atoms with Crippen LogP contribution in [0.15, 0.2) is 0 Å². The van der Waals surface area contributed by atoms with Crippen LogP contribution >= 0.6 is 0 Å². The van der Waals surface area contributed by atoms with E-state index in [1.165, 1.54) is 357 Å². The Morgan fingerprint density at radius 1 is 0.0909 bits per heavy atom. The lowest BCUT2D eigenvalue weighted by molar-refractivity contribution is -1.30. The molecule has 0 aromatic heterocycles. The molecule has 0 bridgehead atoms. The second-order valence-electron chi connectivity index (χ2n) is 67.5. The Kier molecular flexibility index (Phi) is 1.22. The molecule has 0 N–H and O–H groups in total. The zero-order valence-electron chi connectivity index (χ0n) is 52.8. The minimum atomic E-state index is 1.12. The number of hydrogen-bond donors (Lipinski definition) is 0. The smallest absolute Gasteiger partial charge is 0.000000411 e. The summed E-state index contributed by atoms with van der Waals surface area (Å²) in [7, 11) is 0. The predicted octanol–water partition coefficient (Wildman–Crippen LogP) is 7.20. The molecule has 0 radical (unpaired) electrons. The first-order valence-electron chi connectivity index (χ1n) is 49.3. The molecule has 88 unspecified atom stereocenters. The van der Waals surface area contributed by atoms with Gasteiger partial charge in [0.2, 0.25) is 0 Å². The van der Waals surface area contributed by atoms with Gasteiger partial charge in [-0.05, 0) is 556 Å². The van der Waals surface area contributed by atoms with Gasteiger partial charge in [0.25, 0.3) is 0 Å². The van der Waals surface area contributed by atoms with Gasteiger partial charge in [-0.15, -0.1) is 0 Å². The van der Waals surface area contributed by atoms with E-state index in [2.05, 4.69) is 0 Å². The summed E-state index contributed by atoms with van der Waals surface area (Å²) in [5.41, 5.74) is 73.1. The quantitative estimate of drug-likeness (QED) is 0.241. The van der Waals surface area contributed by atoms with E-state index < -0.39 is 0 Å². The van der Waals surface area contributed by atoms with E-state index in [0.29, 0.717) is 0 Å². The maximum absolute atomic E-state index is 1.94. The lowest BCUT2D eigenvalue weighted by atomic mass is 8.18. The first-order chi connectivity index (χ1) is 49.3. The monoisotopic (exact) mass is 1230 g/mol. The van der Waals surface area contributed by atoms with Crippen LogP contribution in [-0.2, 0) is 0 Å². The summed E-state index contributed by atoms with van der Waals surface area (Å²) in [5.74, 6) is 46.5. The van der Waals surface area contributed by atoms with Gasteiger partial charge in [-0.25, -0.2) is 0 Å². The van der Waals surface area contributed by atoms with Gasteiger partial charge in [0.05, 0.1) is 0 Å². The van der Waals surface area contributed by atoms with Crippen LogP contribution in [0.25, 0.3) is 0 Å². The molecule has 80 fully saturated rings. The largest absolute Gasteiger partial charge is 0.0458 e. The van der Waals surface area contributed by atoms with Crippen LogP contribution in [0, 0.1) is 531 Å². The lowest BCUT2D eigenvalue weighted by Gasteiger charge is -3.83. The molecule has 0 heteroatoms. The summed E-state index contributed by atoms with van der Waals surface area (Å²) in [5, 5.41) is 0. The first kappa shape index (κ1) is 30.0. The molecule has 0 nitrogen and oxygen atoms in total. The van der Waals surface area contributed by atoms with E-state index in [1.807, 2.05) is 25.7 Å². The summed E-state index contributed by atoms with van der Waals surface area (Å²) in [6.07, 6.45) is 7.77. The summed E-state index contributed by atoms with van der Waals surface area (Å²) >= 11 is 0. The maximum atomic E-state index is 1.94. The van der Waals surface area contributed by atoms with Crippen molar-refractivity contribution in [3.05, 3.63) is 114 Å². The van der Waals surface area contributed by atoms with Gasteiger partial charge in [-0.2, -0.15) is 0 Å². The van der Waals surface area contributed by atoms with Crippen molar-refractivity contribution in [3.8, 4) is 0 Å². The molecular formula is C99H40. The van der Waals surface area contributed by atoms with E-state index >= 15 is 0 Å². The molecule has 0 amide bonds. The van der Waals surface area contributed by atoms with Crippen LogP contribution in [0.1, 0.15) is 25.7 Å². The number of fused-ring (bicyclic) bond motifs is 28. The van der Waals surface area contributed by atoms with E-state index in [1.54, 1.807) is 0 Å². The summed E-state index contributed by atoms with van der Waals surface area (Å²) in [6.45, 7) is 0. The van der Waals surface area contributed by atoms with E-state index in [-0.39, 0.29) is 0 Å². The average molecular weight is 1230 g/mol. The Labute approximate surface area is 552 Å². The standard InChI is InChI=1S/C99H40/c1-5-13-21-29-22-14-6-2-10-19-27-33-36-34-28-20-12-4-8-16-24-30-23-15-7-3-11-18-26-32-35-31-25-17-9(1)37(5)41(13)49(21)57(29)50(22)42(14)38(6,10)47(19)55(27)61(33)64(36)62(34)56(28)48(20)40(8,12)44(16)52(24)58(30)51(23)43(15)39(7,11)46(18)54(26)60(32)63(35)59(31)53(25)45(17,37)65(41)69(49)77(57)70(50)66(42,47)75(55)81(61)84(64)82(62)76(56)68(44,48)72(52)78(58)71(51)67(43,46)74(54)80(60)83(63)79(59)73(53,65)85(69)89(77)86(70,75)93(81)96(84)94(82)88(72,76)90(78)87(71,74)92(80)95(83)91(79,85)97(89,93)99(95,96)98(90,92)94/h5-36H,1-4H2/t5?,6?,7?,8?,9?,10?,11?,12?,13?,14?,15?,16?,17?,18?,19?,20?,21?,22?,23?,24?,25?,26?,27?,28?,29?,30?,31-,32?,33?,34?,35?,36?,37?,38?,39?,40?,41?,42?,43?,44?,45?,46?,47?,48?,49?,50?,51?,52?,53?,54?,55?,56?,57?,58?,59+,60?,61-,62?,63?,64?,65?,66?,67?,68?,69?,70?,71?,72?,73?,74?,75?,76?,77?,78?,79+,80?,81-,82?,83?,84?,85?,86?,87?,88?,89?,90?,91+,92?,93-,94?,95?,96?,97?,98?,99?/m1/s1. The van der Waals surface area contributed by atoms with Crippen molar-refractivity contribution < 1.29 is 0 Å². The minimum absolute atomic E-state index is 1.12. The Morgan fingerprint density at radius 2 is 0.192 bits per heavy atom. The molecule has 80 rings (SSSR count). The highest BCUT2D eigenvalue weighted by Gasteiger charge is 3.90. The summed E-state index contributed by atoms with van der Waals surface area (Å²) in [4.78, 5) is 0. The molecule has 0 aliphatic heterocycles. The average Bonchev–Trinajstić information content (AvgIpc) is 0.392. The van der Waals surface area contributed by atoms with E-state index in [4.69, 9.17) is 0 Å². The Bertz CT molecular complexity index is 7590. The van der Waals surface area contributed by atoms with Crippen molar-refractivity contribution in [1.29, 1.82) is 0 Å². The topological polar surface area (TPSA) is 0 Å². The molecule has 80 aliphatic rings. The van der Waals surface area contributed by atoms with Crippen LogP contribution in [0.3, 0.4) is 0 Å². The maximum Gasteiger partial charge on any atom is -0.000000411 e. The minimum Gasteiger partial charge on any atom is -0.0458 e. The lowest BCUT2D eigenvalue weighted by Crippen LogP contribution is -3.81. The van der Waals surface area contributed by atoms with Gasteiger partial charge >= 0.3 is 0 Å². The van der Waals surface area contributed by atoms with Crippen LogP contribution < -0.4 is 0 Å². The van der Waals surface area contributed by atoms with Gasteiger partial charge in [-0.1, -0.05) is 0 Å². The van der Waals surface area contributed by atoms with Crippen LogP contribution in [-0.4, -0.2) is 0 Å². The molecular weight excluding hydrogens is 1190 g/mol. The van der Waals surface area contributed by atoms with E-state index in [0.717, 1.165) is 173 Å². The molecule has 0 aromatic rings. The molecule has 99 heavy (non-hydrogen) atoms. The highest BCUT2D eigenvalue weighted by molar-refractivity contribution is 6.85. The highest BCUT2D eigenvalue weighted by atomic mass is 15.9. The van der Waals surface area contributed by atoms with Crippen molar-refractivity contribution in [2.45, 2.75) is 25.7 Å². The molecule has 436 valence electrons. The van der Waals surface area contributed by atoms with Crippen molar-refractivity contribution in [3.63, 3.8) is 0 Å². The fourth-order valence-corrected chi connectivity index (χ4v) is 126. The van der Waals surface area contributed by atoms with Crippen LogP contribution in [0.4, 0.5) is 0 Å². The fourth-order valence-electron chi connectivity index (χ4n) is 126. The van der Waals surface area contributed by atoms with Gasteiger partial charge < -0.3 is 0 Å². The Hall–Kier alpha value is 0. The van der Waals surface area contributed by atoms with Gasteiger partial charge in [0.15, 0.2) is 0 Å². The summed E-state index contributed by atoms with van der Waals surface area (Å²) < 4.78 is 0. The summed E-state index contributed by atoms with van der Waals surface area (Å²) in [6, 6.07) is 0. The fraction of sp³-hybridized carbons (Fsp3) is 1.00. The molecule has 95 atom stereocenters. The Balaban J connectivity index is 0.624. The van der Waals surface area contributed by atoms with Gasteiger partial charge in [0, 0.05) is 0 Å². The molecule has 80 saturated carbocycles. The van der Waals surface area contributed by atoms with E-state index in [9.17, 15) is 0 Å². The molecule has 0 saturated heterocycles. The van der Waals surface area contributed by atoms with Gasteiger partial charge in [-0.3, -0.25) is 0 Å². The number of hydrogen-bond acceptors (Lipinski definition) is 0. The zero-order chi connectivity index (χ0) is 52.8. The molecule has 63 spiro atoms. The second kappa shape index (κ2) is 4.04. The Morgan fingerprint density at radius 3 is 0.343 bits per heavy atom. The zero-order valence-corrected chi connectivity index (χ0v) is 52.8. The first-order valence-corrected chi connectivity index (χ1v) is 49.3. The van der Waals surface area contributed by atoms with Gasteiger partial charge in [0.1, 0.15) is 0 Å². The normalized spacial score (nSPS) is 158. The van der Waals surface area contributed by atoms with Crippen molar-refractivity contribution in [1.82, 2.24) is 0 Å². The third kappa shape index (κ3) is 0.526. The second-order valence-corrected chi connectivity index (χ2v) is 67.5. The third-order valence-electron chi connectivity index (χ3n) is 94.4. The molecule has 80 aliphatic carbocycles. The predicted molar refractivity (Wildman–Crippen MR) is 300 cm³/mol. The van der Waals surface area contributed by atoms with Crippen molar-refractivity contribution in [2.24, 2.45) is 417 Å².